The van der Waals surface area contributed by atoms with Gasteiger partial charge in [0.05, 0.1) is 13.5 Å². The molecule has 2 amide bonds. The molecular formula is C16H16BrN3O4. The van der Waals surface area contributed by atoms with Gasteiger partial charge in [0, 0.05) is 5.56 Å². The van der Waals surface area contributed by atoms with Gasteiger partial charge in [-0.2, -0.15) is 0 Å². The summed E-state index contributed by atoms with van der Waals surface area (Å²) in [6, 6.07) is 7.85. The summed E-state index contributed by atoms with van der Waals surface area (Å²) in [6.07, 6.45) is 3.32. The molecule has 0 aliphatic carbocycles. The predicted octanol–water partition coefficient (Wildman–Crippen LogP) is -2.25. The van der Waals surface area contributed by atoms with E-state index in [1.54, 1.807) is 29.2 Å². The van der Waals surface area contributed by atoms with Crippen molar-refractivity contribution in [2.24, 2.45) is 0 Å². The van der Waals surface area contributed by atoms with Gasteiger partial charge >= 0.3 is 23.9 Å². The van der Waals surface area contributed by atoms with Crippen molar-refractivity contribution in [3.05, 3.63) is 47.8 Å². The van der Waals surface area contributed by atoms with Crippen molar-refractivity contribution in [1.82, 2.24) is 15.1 Å². The van der Waals surface area contributed by atoms with E-state index in [2.05, 4.69) is 16.3 Å². The molecule has 1 saturated heterocycles. The second-order valence-electron chi connectivity index (χ2n) is 5.34. The van der Waals surface area contributed by atoms with Crippen molar-refractivity contribution >= 4 is 17.8 Å². The number of Topliss-reactive ketones (excluding diaryl/α,β-unsaturated/α-hetero) is 1. The van der Waals surface area contributed by atoms with Gasteiger partial charge in [-0.25, -0.2) is 14.5 Å². The number of nitrogens with zero attached hydrogens (tertiary/aromatic N) is 2. The van der Waals surface area contributed by atoms with Crippen LogP contribution in [0.3, 0.4) is 0 Å². The summed E-state index contributed by atoms with van der Waals surface area (Å²) in [5.41, 5.74) is 1.20. The Labute approximate surface area is 150 Å². The number of hydrogen-bond donors (Lipinski definition) is 1. The van der Waals surface area contributed by atoms with Crippen LogP contribution >= 0.6 is 0 Å². The first-order valence-electron chi connectivity index (χ1n) is 7.20. The van der Waals surface area contributed by atoms with Crippen molar-refractivity contribution in [3.8, 4) is 0 Å². The summed E-state index contributed by atoms with van der Waals surface area (Å²) in [7, 11) is 1.28. The van der Waals surface area contributed by atoms with E-state index in [9.17, 15) is 14.4 Å². The van der Waals surface area contributed by atoms with Crippen LogP contribution in [0.15, 0.2) is 36.0 Å². The van der Waals surface area contributed by atoms with Gasteiger partial charge in [0.25, 0.3) is 0 Å². The lowest BCUT2D eigenvalue weighted by molar-refractivity contribution is -0.143. The number of amides is 2. The van der Waals surface area contributed by atoms with Crippen molar-refractivity contribution in [2.45, 2.75) is 12.5 Å². The number of urea groups is 1. The molecule has 7 nitrogen and oxygen atoms in total. The van der Waals surface area contributed by atoms with Gasteiger partial charge in [-0.1, -0.05) is 30.3 Å². The summed E-state index contributed by atoms with van der Waals surface area (Å²) in [4.78, 5) is 39.0. The standard InChI is InChI=1S/C16H15N3O4.BrH/c1-23-15(21)13-7-12-8-18(10-19(12)16(22)17-13)9-14(20)11-5-3-2-4-6-11;/h2-6,13H,7,9-10H2,1H3;1H. The molecule has 1 atom stereocenters. The summed E-state index contributed by atoms with van der Waals surface area (Å²) in [5, 5.41) is 2.58. The molecule has 1 aromatic carbocycles. The van der Waals surface area contributed by atoms with Crippen LogP contribution in [0.2, 0.25) is 0 Å². The number of benzene rings is 1. The Morgan fingerprint density at radius 2 is 2.04 bits per heavy atom. The molecule has 0 bridgehead atoms. The molecule has 0 saturated carbocycles. The first-order chi connectivity index (χ1) is 11.1. The van der Waals surface area contributed by atoms with E-state index >= 15 is 0 Å². The molecule has 24 heavy (non-hydrogen) atoms. The number of ether oxygens (including phenoxy) is 1. The summed E-state index contributed by atoms with van der Waals surface area (Å²) >= 11 is 0. The maximum Gasteiger partial charge on any atom is 0.396 e. The van der Waals surface area contributed by atoms with Crippen LogP contribution in [0, 0.1) is 6.20 Å². The lowest BCUT2D eigenvalue weighted by Gasteiger charge is -2.25. The number of halogens is 1. The van der Waals surface area contributed by atoms with Crippen molar-refractivity contribution < 1.29 is 36.1 Å². The van der Waals surface area contributed by atoms with Gasteiger partial charge in [-0.15, -0.1) is 4.90 Å². The number of carbonyl (C=O) groups is 3. The minimum absolute atomic E-state index is 0. The number of esters is 1. The van der Waals surface area contributed by atoms with Gasteiger partial charge in [0.2, 0.25) is 0 Å². The molecular weight excluding hydrogens is 378 g/mol. The topological polar surface area (TPSA) is 79.0 Å². The average molecular weight is 394 g/mol. The number of fused-ring (bicyclic) bond motifs is 1. The van der Waals surface area contributed by atoms with E-state index < -0.39 is 12.0 Å². The highest BCUT2D eigenvalue weighted by Crippen LogP contribution is 2.24. The molecule has 0 aromatic heterocycles. The minimum atomic E-state index is -0.712. The summed E-state index contributed by atoms with van der Waals surface area (Å²) in [5.74, 6) is -0.547. The highest BCUT2D eigenvalue weighted by atomic mass is 79.9. The highest BCUT2D eigenvalue weighted by Gasteiger charge is 2.46. The minimum Gasteiger partial charge on any atom is -1.00 e. The lowest BCUT2D eigenvalue weighted by atomic mass is 10.1. The van der Waals surface area contributed by atoms with E-state index in [1.807, 2.05) is 6.07 Å². The number of hydrogen-bond acceptors (Lipinski definition) is 5. The Balaban J connectivity index is 0.00000208. The third kappa shape index (κ3) is 3.55. The van der Waals surface area contributed by atoms with Crippen molar-refractivity contribution in [3.63, 3.8) is 0 Å². The van der Waals surface area contributed by atoms with E-state index in [0.29, 0.717) is 17.7 Å². The van der Waals surface area contributed by atoms with Crippen molar-refractivity contribution in [2.75, 3.05) is 20.3 Å². The Morgan fingerprint density at radius 3 is 2.71 bits per heavy atom. The number of nitrogens with one attached hydrogen (secondary N) is 1. The fraction of sp³-hybridized carbons (Fsp3) is 0.312. The molecule has 2 heterocycles. The molecule has 2 aliphatic rings. The largest absolute Gasteiger partial charge is 1.00 e. The van der Waals surface area contributed by atoms with Gasteiger partial charge in [0.1, 0.15) is 19.3 Å². The molecule has 0 radical (unpaired) electrons. The van der Waals surface area contributed by atoms with Crippen LogP contribution in [0.25, 0.3) is 0 Å². The Hall–Kier alpha value is -2.44. The monoisotopic (exact) mass is 393 g/mol. The summed E-state index contributed by atoms with van der Waals surface area (Å²) in [6.45, 7) is 0.369. The predicted molar refractivity (Wildman–Crippen MR) is 79.9 cm³/mol. The Morgan fingerprint density at radius 1 is 1.33 bits per heavy atom. The van der Waals surface area contributed by atoms with Crippen LogP contribution in [0.1, 0.15) is 16.8 Å². The van der Waals surface area contributed by atoms with E-state index in [0.717, 1.165) is 0 Å². The van der Waals surface area contributed by atoms with Gasteiger partial charge in [0.15, 0.2) is 5.78 Å². The zero-order valence-corrected chi connectivity index (χ0v) is 14.6. The quantitative estimate of drug-likeness (QED) is 0.355. The molecule has 2 aliphatic heterocycles. The third-order valence-corrected chi connectivity index (χ3v) is 3.78. The fourth-order valence-electron chi connectivity index (χ4n) is 2.61. The molecule has 8 heteroatoms. The number of methoxy groups -OCH3 is 1. The van der Waals surface area contributed by atoms with E-state index in [1.165, 1.54) is 12.0 Å². The summed E-state index contributed by atoms with van der Waals surface area (Å²) < 4.78 is 4.65. The molecule has 1 fully saturated rings. The number of ketones is 1. The molecule has 1 N–H and O–H groups in total. The van der Waals surface area contributed by atoms with Crippen LogP contribution in [0.4, 0.5) is 4.79 Å². The van der Waals surface area contributed by atoms with Gasteiger partial charge in [-0.05, 0) is 0 Å². The first kappa shape index (κ1) is 17.9. The Bertz CT molecular complexity index is 677. The molecule has 1 aromatic rings. The smallest absolute Gasteiger partial charge is 0.396 e. The van der Waals surface area contributed by atoms with E-state index in [4.69, 9.17) is 0 Å². The maximum absolute atomic E-state index is 12.2. The molecule has 3 rings (SSSR count). The normalized spacial score (nSPS) is 18.6. The SMILES string of the molecule is COC(=O)C1CC2=[C+]N(CC(=O)c3ccccc3)CN2C(=O)N1.[Br-]. The van der Waals surface area contributed by atoms with Crippen LogP contribution in [0.5, 0.6) is 0 Å². The molecule has 1 unspecified atom stereocenters. The number of rotatable bonds is 4. The third-order valence-electron chi connectivity index (χ3n) is 3.78. The van der Waals surface area contributed by atoms with Gasteiger partial charge < -0.3 is 27.0 Å². The second kappa shape index (κ2) is 7.42. The van der Waals surface area contributed by atoms with Gasteiger partial charge in [-0.3, -0.25) is 4.79 Å². The molecule has 126 valence electrons. The zero-order chi connectivity index (χ0) is 16.4. The van der Waals surface area contributed by atoms with Crippen LogP contribution < -0.4 is 22.3 Å². The first-order valence-corrected chi connectivity index (χ1v) is 7.20. The average Bonchev–Trinajstić information content (AvgIpc) is 2.98. The van der Waals surface area contributed by atoms with Crippen molar-refractivity contribution in [1.29, 1.82) is 0 Å². The highest BCUT2D eigenvalue weighted by molar-refractivity contribution is 5.97. The number of carbonyl (C=O) groups excluding carboxylic acids is 3. The van der Waals surface area contributed by atoms with Crippen LogP contribution in [-0.4, -0.2) is 53.9 Å². The maximum atomic E-state index is 12.2. The molecule has 0 spiro atoms. The van der Waals surface area contributed by atoms with Crippen LogP contribution in [-0.2, 0) is 9.53 Å². The fourth-order valence-corrected chi connectivity index (χ4v) is 2.61. The lowest BCUT2D eigenvalue weighted by Crippen LogP contribution is -3.00. The zero-order valence-electron chi connectivity index (χ0n) is 13.0. The van der Waals surface area contributed by atoms with E-state index in [-0.39, 0.29) is 42.0 Å². The Kier molecular flexibility index (Phi) is 5.54. The second-order valence-corrected chi connectivity index (χ2v) is 5.34.